The molecule has 0 aliphatic carbocycles. The first-order valence-corrected chi connectivity index (χ1v) is 7.84. The van der Waals surface area contributed by atoms with Gasteiger partial charge in [-0.05, 0) is 57.9 Å². The molecule has 0 saturated heterocycles. The summed E-state index contributed by atoms with van der Waals surface area (Å²) in [4.78, 5) is 0.110. The van der Waals surface area contributed by atoms with Crippen molar-refractivity contribution < 1.29 is 12.8 Å². The molecule has 1 aromatic carbocycles. The van der Waals surface area contributed by atoms with Crippen molar-refractivity contribution in [3.63, 3.8) is 0 Å². The number of rotatable bonds is 4. The van der Waals surface area contributed by atoms with Gasteiger partial charge in [0.1, 0.15) is 5.82 Å². The van der Waals surface area contributed by atoms with Crippen molar-refractivity contribution in [2.45, 2.75) is 50.4 Å². The monoisotopic (exact) mass is 307 g/mol. The molecular formula is C13H19ClFNO2S. The predicted octanol–water partition coefficient (Wildman–Crippen LogP) is 3.13. The fourth-order valence-corrected chi connectivity index (χ4v) is 3.86. The molecule has 1 aromatic rings. The number of nitrogens with one attached hydrogen (secondary N) is 1. The van der Waals surface area contributed by atoms with Crippen LogP contribution in [0.25, 0.3) is 0 Å². The zero-order valence-corrected chi connectivity index (χ0v) is 13.3. The van der Waals surface area contributed by atoms with Gasteiger partial charge in [-0.25, -0.2) is 17.5 Å². The maximum Gasteiger partial charge on any atom is 0.241 e. The summed E-state index contributed by atoms with van der Waals surface area (Å²) in [5, 5.41) is -0.386. The minimum atomic E-state index is -3.74. The molecule has 1 rings (SSSR count). The van der Waals surface area contributed by atoms with Crippen LogP contribution in [0.4, 0.5) is 4.39 Å². The average Bonchev–Trinajstić information content (AvgIpc) is 2.12. The first kappa shape index (κ1) is 16.4. The highest BCUT2D eigenvalue weighted by molar-refractivity contribution is 7.89. The van der Waals surface area contributed by atoms with Gasteiger partial charge in [0.15, 0.2) is 0 Å². The second-order valence-electron chi connectivity index (χ2n) is 5.31. The number of aryl methyl sites for hydroxylation is 2. The van der Waals surface area contributed by atoms with Crippen molar-refractivity contribution >= 4 is 21.6 Å². The summed E-state index contributed by atoms with van der Waals surface area (Å²) in [5.74, 6) is -0.445. The van der Waals surface area contributed by atoms with Crippen molar-refractivity contribution in [2.24, 2.45) is 0 Å². The third-order valence-electron chi connectivity index (χ3n) is 3.09. The number of hydrogen-bond acceptors (Lipinski definition) is 2. The highest BCUT2D eigenvalue weighted by Crippen LogP contribution is 2.24. The molecule has 6 heteroatoms. The Balaban J connectivity index is 3.30. The van der Waals surface area contributed by atoms with E-state index < -0.39 is 21.4 Å². The molecule has 0 spiro atoms. The van der Waals surface area contributed by atoms with E-state index in [1.807, 2.05) is 0 Å². The van der Waals surface area contributed by atoms with Gasteiger partial charge in [0.05, 0.1) is 4.90 Å². The second-order valence-corrected chi connectivity index (χ2v) is 7.59. The molecule has 0 aromatic heterocycles. The van der Waals surface area contributed by atoms with E-state index in [1.54, 1.807) is 34.6 Å². The Bertz CT molecular complexity index is 559. The summed E-state index contributed by atoms with van der Waals surface area (Å²) in [6.07, 6.45) is 0. The summed E-state index contributed by atoms with van der Waals surface area (Å²) < 4.78 is 40.6. The third kappa shape index (κ3) is 3.68. The molecule has 19 heavy (non-hydrogen) atoms. The Morgan fingerprint density at radius 1 is 1.26 bits per heavy atom. The van der Waals surface area contributed by atoms with Crippen LogP contribution in [-0.2, 0) is 10.0 Å². The molecule has 0 saturated carbocycles. The van der Waals surface area contributed by atoms with Gasteiger partial charge in [0.2, 0.25) is 10.0 Å². The van der Waals surface area contributed by atoms with Gasteiger partial charge in [-0.2, -0.15) is 0 Å². The van der Waals surface area contributed by atoms with Crippen LogP contribution in [0.1, 0.15) is 31.9 Å². The SMILES string of the molecule is Cc1cc(F)cc(C)c1S(=O)(=O)NC(C)(C)C(C)Cl. The number of hydrogen-bond donors (Lipinski definition) is 1. The van der Waals surface area contributed by atoms with Crippen LogP contribution >= 0.6 is 11.6 Å². The van der Waals surface area contributed by atoms with Crippen LogP contribution < -0.4 is 4.72 Å². The molecule has 0 radical (unpaired) electrons. The van der Waals surface area contributed by atoms with Gasteiger partial charge >= 0.3 is 0 Å². The Labute approximate surface area is 119 Å². The lowest BCUT2D eigenvalue weighted by atomic mass is 10.0. The highest BCUT2D eigenvalue weighted by Gasteiger charge is 2.32. The van der Waals surface area contributed by atoms with E-state index >= 15 is 0 Å². The van der Waals surface area contributed by atoms with Gasteiger partial charge < -0.3 is 0 Å². The minimum Gasteiger partial charge on any atom is -0.207 e. The highest BCUT2D eigenvalue weighted by atomic mass is 35.5. The van der Waals surface area contributed by atoms with Crippen molar-refractivity contribution in [3.05, 3.63) is 29.1 Å². The first-order chi connectivity index (χ1) is 8.47. The average molecular weight is 308 g/mol. The van der Waals surface area contributed by atoms with Crippen LogP contribution in [0, 0.1) is 19.7 Å². The molecule has 0 bridgehead atoms. The van der Waals surface area contributed by atoms with E-state index in [-0.39, 0.29) is 10.3 Å². The van der Waals surface area contributed by atoms with Gasteiger partial charge in [-0.15, -0.1) is 11.6 Å². The zero-order valence-electron chi connectivity index (χ0n) is 11.7. The Kier molecular flexibility index (Phi) is 4.65. The largest absolute Gasteiger partial charge is 0.241 e. The van der Waals surface area contributed by atoms with E-state index in [0.717, 1.165) is 0 Å². The van der Waals surface area contributed by atoms with E-state index in [1.165, 1.54) is 12.1 Å². The van der Waals surface area contributed by atoms with Crippen LogP contribution in [-0.4, -0.2) is 19.3 Å². The normalized spacial score (nSPS) is 14.5. The topological polar surface area (TPSA) is 46.2 Å². The maximum atomic E-state index is 13.2. The Morgan fingerprint density at radius 2 is 1.68 bits per heavy atom. The molecule has 0 heterocycles. The molecular weight excluding hydrogens is 289 g/mol. The smallest absolute Gasteiger partial charge is 0.207 e. The molecule has 3 nitrogen and oxygen atoms in total. The lowest BCUT2D eigenvalue weighted by Gasteiger charge is -2.29. The number of benzene rings is 1. The third-order valence-corrected chi connectivity index (χ3v) is 5.61. The first-order valence-electron chi connectivity index (χ1n) is 5.92. The summed E-state index contributed by atoms with van der Waals surface area (Å²) >= 11 is 5.98. The van der Waals surface area contributed by atoms with Crippen LogP contribution in [0.2, 0.25) is 0 Å². The molecule has 0 fully saturated rings. The molecule has 1 atom stereocenters. The number of sulfonamides is 1. The van der Waals surface area contributed by atoms with Gasteiger partial charge in [0.25, 0.3) is 0 Å². The fourth-order valence-electron chi connectivity index (χ4n) is 1.80. The van der Waals surface area contributed by atoms with E-state index in [2.05, 4.69) is 4.72 Å². The summed E-state index contributed by atoms with van der Waals surface area (Å²) in [7, 11) is -3.74. The molecule has 0 aliphatic heterocycles. The van der Waals surface area contributed by atoms with Crippen LogP contribution in [0.15, 0.2) is 17.0 Å². The minimum absolute atomic E-state index is 0.110. The number of alkyl halides is 1. The number of halogens is 2. The van der Waals surface area contributed by atoms with Crippen LogP contribution in [0.5, 0.6) is 0 Å². The maximum absolute atomic E-state index is 13.2. The molecule has 1 N–H and O–H groups in total. The molecule has 1 unspecified atom stereocenters. The Hall–Kier alpha value is -0.650. The van der Waals surface area contributed by atoms with Crippen molar-refractivity contribution in [2.75, 3.05) is 0 Å². The predicted molar refractivity (Wildman–Crippen MR) is 75.6 cm³/mol. The molecule has 0 amide bonds. The van der Waals surface area contributed by atoms with E-state index in [0.29, 0.717) is 11.1 Å². The quantitative estimate of drug-likeness (QED) is 0.869. The van der Waals surface area contributed by atoms with Gasteiger partial charge in [-0.1, -0.05) is 0 Å². The van der Waals surface area contributed by atoms with Gasteiger partial charge in [0, 0.05) is 10.9 Å². The molecule has 0 aliphatic rings. The molecule has 108 valence electrons. The van der Waals surface area contributed by atoms with E-state index in [4.69, 9.17) is 11.6 Å². The van der Waals surface area contributed by atoms with Crippen molar-refractivity contribution in [1.29, 1.82) is 0 Å². The van der Waals surface area contributed by atoms with Gasteiger partial charge in [-0.3, -0.25) is 0 Å². The Morgan fingerprint density at radius 3 is 2.05 bits per heavy atom. The lowest BCUT2D eigenvalue weighted by Crippen LogP contribution is -2.49. The summed E-state index contributed by atoms with van der Waals surface area (Å²) in [6.45, 7) is 8.27. The standard InChI is InChI=1S/C13H19ClFNO2S/c1-8-6-11(15)7-9(2)12(8)19(17,18)16-13(4,5)10(3)14/h6-7,10,16H,1-5H3. The van der Waals surface area contributed by atoms with E-state index in [9.17, 15) is 12.8 Å². The van der Waals surface area contributed by atoms with Crippen LogP contribution in [0.3, 0.4) is 0 Å². The fraction of sp³-hybridized carbons (Fsp3) is 0.538. The second kappa shape index (κ2) is 5.38. The van der Waals surface area contributed by atoms with Crippen molar-refractivity contribution in [1.82, 2.24) is 4.72 Å². The lowest BCUT2D eigenvalue weighted by molar-refractivity contribution is 0.445. The summed E-state index contributed by atoms with van der Waals surface area (Å²) in [6, 6.07) is 2.41. The van der Waals surface area contributed by atoms with Crippen molar-refractivity contribution in [3.8, 4) is 0 Å². The summed E-state index contributed by atoms with van der Waals surface area (Å²) in [5.41, 5.74) is -0.0424. The zero-order chi connectivity index (χ0) is 15.0.